The predicted octanol–water partition coefficient (Wildman–Crippen LogP) is 2.98. The molecule has 1 amide bonds. The first-order chi connectivity index (χ1) is 8.56. The quantitative estimate of drug-likeness (QED) is 0.814. The average molecular weight is 242 g/mol. The molecule has 1 fully saturated rings. The monoisotopic (exact) mass is 242 g/mol. The molecule has 1 aliphatic carbocycles. The van der Waals surface area contributed by atoms with Crippen molar-refractivity contribution < 1.29 is 4.79 Å². The molecule has 0 spiro atoms. The van der Waals surface area contributed by atoms with Crippen molar-refractivity contribution in [1.82, 2.24) is 0 Å². The van der Waals surface area contributed by atoms with E-state index in [2.05, 4.69) is 19.9 Å². The fraction of sp³-hybridized carbons (Fsp3) is 0.467. The lowest BCUT2D eigenvalue weighted by Crippen LogP contribution is -2.34. The Labute approximate surface area is 108 Å². The van der Waals surface area contributed by atoms with Gasteiger partial charge in [-0.15, -0.1) is 0 Å². The van der Waals surface area contributed by atoms with Crippen LogP contribution in [0.4, 0.5) is 5.69 Å². The summed E-state index contributed by atoms with van der Waals surface area (Å²) in [6, 6.07) is 11.7. The highest BCUT2D eigenvalue weighted by molar-refractivity contribution is 5.97. The zero-order chi connectivity index (χ0) is 13.2. The number of para-hydroxylation sites is 1. The average Bonchev–Trinajstić information content (AvgIpc) is 3.00. The molecule has 1 aromatic rings. The largest absolute Gasteiger partial charge is 0.311 e. The third-order valence-corrected chi connectivity index (χ3v) is 3.59. The normalized spacial score (nSPS) is 19.9. The standard InChI is InChI=1S/C15H18N2O/c1-15(2)11-13(15)14(18)17(10-6-9-16)12-7-4-3-5-8-12/h3-5,7-8,13H,6,10-11H2,1-2H3. The number of benzene rings is 1. The molecule has 1 saturated carbocycles. The molecule has 0 saturated heterocycles. The second-order valence-electron chi connectivity index (χ2n) is 5.48. The Morgan fingerprint density at radius 3 is 2.56 bits per heavy atom. The van der Waals surface area contributed by atoms with Gasteiger partial charge in [-0.1, -0.05) is 32.0 Å². The lowest BCUT2D eigenvalue weighted by atomic mass is 10.1. The molecule has 0 aliphatic heterocycles. The molecule has 0 aromatic heterocycles. The van der Waals surface area contributed by atoms with E-state index in [-0.39, 0.29) is 17.2 Å². The second kappa shape index (κ2) is 4.81. The minimum absolute atomic E-state index is 0.108. The van der Waals surface area contributed by atoms with E-state index < -0.39 is 0 Å². The zero-order valence-corrected chi connectivity index (χ0v) is 10.9. The topological polar surface area (TPSA) is 44.1 Å². The number of amides is 1. The summed E-state index contributed by atoms with van der Waals surface area (Å²) in [6.45, 7) is 4.71. The first-order valence-electron chi connectivity index (χ1n) is 6.29. The minimum atomic E-state index is 0.108. The second-order valence-corrected chi connectivity index (χ2v) is 5.48. The van der Waals surface area contributed by atoms with Crippen molar-refractivity contribution in [2.24, 2.45) is 11.3 Å². The van der Waals surface area contributed by atoms with Crippen LogP contribution in [0.5, 0.6) is 0 Å². The maximum absolute atomic E-state index is 12.4. The van der Waals surface area contributed by atoms with E-state index in [4.69, 9.17) is 5.26 Å². The molecule has 1 aliphatic rings. The Balaban J connectivity index is 2.16. The van der Waals surface area contributed by atoms with Crippen LogP contribution in [-0.2, 0) is 4.79 Å². The Morgan fingerprint density at radius 1 is 1.44 bits per heavy atom. The highest BCUT2D eigenvalue weighted by atomic mass is 16.2. The van der Waals surface area contributed by atoms with Gasteiger partial charge in [0.05, 0.1) is 12.5 Å². The van der Waals surface area contributed by atoms with Crippen molar-refractivity contribution in [1.29, 1.82) is 5.26 Å². The highest BCUT2D eigenvalue weighted by Gasteiger charge is 2.52. The van der Waals surface area contributed by atoms with Gasteiger partial charge < -0.3 is 4.90 Å². The fourth-order valence-corrected chi connectivity index (χ4v) is 2.21. The van der Waals surface area contributed by atoms with Gasteiger partial charge >= 0.3 is 0 Å². The maximum atomic E-state index is 12.4. The molecule has 3 heteroatoms. The van der Waals surface area contributed by atoms with E-state index in [1.54, 1.807) is 4.90 Å². The van der Waals surface area contributed by atoms with Crippen LogP contribution in [0.25, 0.3) is 0 Å². The van der Waals surface area contributed by atoms with Gasteiger partial charge in [-0.2, -0.15) is 5.26 Å². The molecule has 18 heavy (non-hydrogen) atoms. The van der Waals surface area contributed by atoms with Crippen molar-refractivity contribution >= 4 is 11.6 Å². The summed E-state index contributed by atoms with van der Waals surface area (Å²) < 4.78 is 0. The van der Waals surface area contributed by atoms with Crippen LogP contribution in [0, 0.1) is 22.7 Å². The van der Waals surface area contributed by atoms with Crippen molar-refractivity contribution in [2.45, 2.75) is 26.7 Å². The summed E-state index contributed by atoms with van der Waals surface area (Å²) in [5.41, 5.74) is 1.01. The van der Waals surface area contributed by atoms with E-state index in [1.165, 1.54) is 0 Å². The summed E-state index contributed by atoms with van der Waals surface area (Å²) >= 11 is 0. The van der Waals surface area contributed by atoms with Gasteiger partial charge in [-0.3, -0.25) is 4.79 Å². The molecular formula is C15H18N2O. The third kappa shape index (κ3) is 2.53. The Kier molecular flexibility index (Phi) is 3.38. The molecule has 0 radical (unpaired) electrons. The van der Waals surface area contributed by atoms with Crippen molar-refractivity contribution in [2.75, 3.05) is 11.4 Å². The van der Waals surface area contributed by atoms with Crippen molar-refractivity contribution in [3.63, 3.8) is 0 Å². The van der Waals surface area contributed by atoms with Crippen LogP contribution in [0.1, 0.15) is 26.7 Å². The van der Waals surface area contributed by atoms with E-state index in [0.29, 0.717) is 13.0 Å². The molecule has 94 valence electrons. The molecular weight excluding hydrogens is 224 g/mol. The van der Waals surface area contributed by atoms with Gasteiger partial charge in [0.2, 0.25) is 5.91 Å². The third-order valence-electron chi connectivity index (χ3n) is 3.59. The fourth-order valence-electron chi connectivity index (χ4n) is 2.21. The number of nitriles is 1. The Bertz CT molecular complexity index is 473. The molecule has 1 atom stereocenters. The molecule has 2 rings (SSSR count). The van der Waals surface area contributed by atoms with Crippen LogP contribution in [0.3, 0.4) is 0 Å². The number of carbonyl (C=O) groups is 1. The minimum Gasteiger partial charge on any atom is -0.311 e. The number of hydrogen-bond donors (Lipinski definition) is 0. The van der Waals surface area contributed by atoms with Gasteiger partial charge in [0, 0.05) is 18.2 Å². The number of nitrogens with zero attached hydrogens (tertiary/aromatic N) is 2. The van der Waals surface area contributed by atoms with Gasteiger partial charge in [-0.05, 0) is 24.0 Å². The van der Waals surface area contributed by atoms with Crippen molar-refractivity contribution in [3.8, 4) is 6.07 Å². The van der Waals surface area contributed by atoms with Crippen LogP contribution in [0.15, 0.2) is 30.3 Å². The van der Waals surface area contributed by atoms with Gasteiger partial charge in [0.1, 0.15) is 0 Å². The zero-order valence-electron chi connectivity index (χ0n) is 10.9. The highest BCUT2D eigenvalue weighted by Crippen LogP contribution is 2.52. The lowest BCUT2D eigenvalue weighted by Gasteiger charge is -2.22. The van der Waals surface area contributed by atoms with Gasteiger partial charge in [0.25, 0.3) is 0 Å². The number of hydrogen-bond acceptors (Lipinski definition) is 2. The molecule has 3 nitrogen and oxygen atoms in total. The van der Waals surface area contributed by atoms with Gasteiger partial charge in [-0.25, -0.2) is 0 Å². The smallest absolute Gasteiger partial charge is 0.230 e. The summed E-state index contributed by atoms with van der Waals surface area (Å²) in [7, 11) is 0. The van der Waals surface area contributed by atoms with Crippen LogP contribution >= 0.6 is 0 Å². The number of anilines is 1. The van der Waals surface area contributed by atoms with E-state index in [9.17, 15) is 4.79 Å². The maximum Gasteiger partial charge on any atom is 0.230 e. The molecule has 1 aromatic carbocycles. The molecule has 1 unspecified atom stereocenters. The number of carbonyl (C=O) groups excluding carboxylic acids is 1. The summed E-state index contributed by atoms with van der Waals surface area (Å²) in [4.78, 5) is 14.2. The van der Waals surface area contributed by atoms with Crippen LogP contribution < -0.4 is 4.90 Å². The Hall–Kier alpha value is -1.82. The van der Waals surface area contributed by atoms with Crippen LogP contribution in [0.2, 0.25) is 0 Å². The van der Waals surface area contributed by atoms with Crippen LogP contribution in [-0.4, -0.2) is 12.5 Å². The van der Waals surface area contributed by atoms with E-state index >= 15 is 0 Å². The SMILES string of the molecule is CC1(C)CC1C(=O)N(CCC#N)c1ccccc1. The van der Waals surface area contributed by atoms with Gasteiger partial charge in [0.15, 0.2) is 0 Å². The summed E-state index contributed by atoms with van der Waals surface area (Å²) in [5, 5.41) is 8.71. The molecule has 0 bridgehead atoms. The first kappa shape index (κ1) is 12.6. The first-order valence-corrected chi connectivity index (χ1v) is 6.29. The molecule has 0 N–H and O–H groups in total. The molecule has 0 heterocycles. The number of rotatable bonds is 4. The Morgan fingerprint density at radius 2 is 2.06 bits per heavy atom. The summed E-state index contributed by atoms with van der Waals surface area (Å²) in [6.07, 6.45) is 1.31. The van der Waals surface area contributed by atoms with Crippen molar-refractivity contribution in [3.05, 3.63) is 30.3 Å². The van der Waals surface area contributed by atoms with E-state index in [0.717, 1.165) is 12.1 Å². The predicted molar refractivity (Wildman–Crippen MR) is 70.9 cm³/mol. The van der Waals surface area contributed by atoms with E-state index in [1.807, 2.05) is 30.3 Å². The lowest BCUT2D eigenvalue weighted by molar-refractivity contribution is -0.120. The summed E-state index contributed by atoms with van der Waals surface area (Å²) in [5.74, 6) is 0.262.